The van der Waals surface area contributed by atoms with Crippen LogP contribution in [0, 0.1) is 11.6 Å². The predicted molar refractivity (Wildman–Crippen MR) is 71.6 cm³/mol. The van der Waals surface area contributed by atoms with Crippen LogP contribution in [0.15, 0.2) is 28.4 Å². The number of carbonyl (C=O) groups is 1. The number of amides is 1. The van der Waals surface area contributed by atoms with Crippen molar-refractivity contribution < 1.29 is 13.6 Å². The van der Waals surface area contributed by atoms with Crippen LogP contribution in [-0.2, 0) is 11.3 Å². The molecule has 8 heteroatoms. The van der Waals surface area contributed by atoms with E-state index >= 15 is 0 Å². The number of aromatic amines is 1. The average molecular weight is 299 g/mol. The van der Waals surface area contributed by atoms with Gasteiger partial charge in [0.05, 0.1) is 6.54 Å². The van der Waals surface area contributed by atoms with Crippen molar-refractivity contribution in [3.8, 4) is 0 Å². The summed E-state index contributed by atoms with van der Waals surface area (Å²) in [6.45, 7) is 0.150. The van der Waals surface area contributed by atoms with Crippen molar-refractivity contribution in [1.82, 2.24) is 10.3 Å². The van der Waals surface area contributed by atoms with E-state index < -0.39 is 23.2 Å². The summed E-state index contributed by atoms with van der Waals surface area (Å²) in [5.41, 5.74) is 0.174. The van der Waals surface area contributed by atoms with E-state index in [1.807, 2.05) is 0 Å². The van der Waals surface area contributed by atoms with Crippen LogP contribution in [0.25, 0.3) is 0 Å². The number of H-pyrrole nitrogens is 1. The minimum Gasteiger partial charge on any atom is -0.320 e. The number of hydrogen-bond acceptors (Lipinski definition) is 4. The number of benzene rings is 1. The highest BCUT2D eigenvalue weighted by Crippen LogP contribution is 2.17. The highest BCUT2D eigenvalue weighted by atomic mass is 32.1. The van der Waals surface area contributed by atoms with Crippen LogP contribution >= 0.6 is 11.3 Å². The molecule has 2 rings (SSSR count). The molecule has 0 spiro atoms. The maximum absolute atomic E-state index is 13.3. The lowest BCUT2D eigenvalue weighted by atomic mass is 10.3. The van der Waals surface area contributed by atoms with E-state index in [0.717, 1.165) is 23.5 Å². The Kier molecular flexibility index (Phi) is 4.59. The number of para-hydroxylation sites is 1. The third-order valence-electron chi connectivity index (χ3n) is 2.40. The molecular weight excluding hydrogens is 288 g/mol. The zero-order valence-electron chi connectivity index (χ0n) is 10.2. The van der Waals surface area contributed by atoms with Gasteiger partial charge in [-0.2, -0.15) is 0 Å². The number of hydrogen-bond donors (Lipinski definition) is 3. The van der Waals surface area contributed by atoms with Gasteiger partial charge in [0.25, 0.3) is 0 Å². The van der Waals surface area contributed by atoms with Gasteiger partial charge in [0.2, 0.25) is 5.91 Å². The fourth-order valence-electron chi connectivity index (χ4n) is 1.51. The Morgan fingerprint density at radius 3 is 2.60 bits per heavy atom. The monoisotopic (exact) mass is 299 g/mol. The topological polar surface area (TPSA) is 74.0 Å². The molecule has 0 unspecified atom stereocenters. The number of aromatic nitrogens is 1. The second-order valence-corrected chi connectivity index (χ2v) is 4.76. The van der Waals surface area contributed by atoms with Gasteiger partial charge in [-0.05, 0) is 12.1 Å². The number of halogens is 2. The molecule has 5 nitrogen and oxygen atoms in total. The van der Waals surface area contributed by atoms with Crippen molar-refractivity contribution >= 4 is 22.9 Å². The maximum Gasteiger partial charge on any atom is 0.304 e. The normalized spacial score (nSPS) is 10.5. The molecule has 1 aromatic heterocycles. The molecule has 0 radical (unpaired) electrons. The second kappa shape index (κ2) is 6.40. The van der Waals surface area contributed by atoms with Crippen LogP contribution < -0.4 is 15.5 Å². The molecule has 0 aliphatic rings. The van der Waals surface area contributed by atoms with Crippen molar-refractivity contribution in [2.45, 2.75) is 6.54 Å². The van der Waals surface area contributed by atoms with Gasteiger partial charge in [-0.3, -0.25) is 9.59 Å². The smallest absolute Gasteiger partial charge is 0.304 e. The second-order valence-electron chi connectivity index (χ2n) is 3.92. The summed E-state index contributed by atoms with van der Waals surface area (Å²) in [6.07, 6.45) is 0. The van der Waals surface area contributed by atoms with Crippen molar-refractivity contribution in [2.75, 3.05) is 11.9 Å². The fourth-order valence-corrected chi connectivity index (χ4v) is 2.09. The fraction of sp³-hybridized carbons (Fsp3) is 0.167. The quantitative estimate of drug-likeness (QED) is 0.782. The molecule has 3 N–H and O–H groups in total. The van der Waals surface area contributed by atoms with E-state index in [0.29, 0.717) is 5.69 Å². The third-order valence-corrected chi connectivity index (χ3v) is 3.12. The Morgan fingerprint density at radius 2 is 2.00 bits per heavy atom. The van der Waals surface area contributed by atoms with Gasteiger partial charge < -0.3 is 15.6 Å². The lowest BCUT2D eigenvalue weighted by Crippen LogP contribution is -2.28. The number of nitrogens with one attached hydrogen (secondary N) is 3. The third kappa shape index (κ3) is 3.72. The molecular formula is C12H11F2N3O2S. The molecule has 0 atom stereocenters. The number of carbonyl (C=O) groups excluding carboxylic acids is 1. The first-order valence-corrected chi connectivity index (χ1v) is 6.55. The summed E-state index contributed by atoms with van der Waals surface area (Å²) in [7, 11) is 0. The van der Waals surface area contributed by atoms with Gasteiger partial charge in [-0.15, -0.1) is 0 Å². The minimum atomic E-state index is -0.833. The van der Waals surface area contributed by atoms with Crippen LogP contribution in [0.4, 0.5) is 14.5 Å². The molecule has 0 aliphatic carbocycles. The molecule has 1 amide bonds. The average Bonchev–Trinajstić information content (AvgIpc) is 2.80. The van der Waals surface area contributed by atoms with Gasteiger partial charge >= 0.3 is 4.87 Å². The van der Waals surface area contributed by atoms with Gasteiger partial charge in [-0.1, -0.05) is 17.4 Å². The largest absolute Gasteiger partial charge is 0.320 e. The molecule has 0 aliphatic heterocycles. The Balaban J connectivity index is 1.85. The lowest BCUT2D eigenvalue weighted by Gasteiger charge is -2.07. The van der Waals surface area contributed by atoms with E-state index in [4.69, 9.17) is 0 Å². The summed E-state index contributed by atoms with van der Waals surface area (Å²) in [6, 6.07) is 3.33. The summed E-state index contributed by atoms with van der Waals surface area (Å²) in [5, 5.41) is 6.53. The summed E-state index contributed by atoms with van der Waals surface area (Å²) in [4.78, 5) is 24.8. The number of thiazole rings is 1. The lowest BCUT2D eigenvalue weighted by molar-refractivity contribution is -0.115. The standard InChI is InChI=1S/C12H11F2N3O2S/c13-8-2-1-3-9(14)11(8)17-10(18)5-15-4-7-6-20-12(19)16-7/h1-3,6,15H,4-5H2,(H,16,19)(H,17,18). The van der Waals surface area contributed by atoms with E-state index in [9.17, 15) is 18.4 Å². The van der Waals surface area contributed by atoms with E-state index in [-0.39, 0.29) is 18.0 Å². The van der Waals surface area contributed by atoms with Crippen LogP contribution in [-0.4, -0.2) is 17.4 Å². The zero-order valence-corrected chi connectivity index (χ0v) is 11.0. The van der Waals surface area contributed by atoms with E-state index in [1.165, 1.54) is 6.07 Å². The minimum absolute atomic E-state index is 0.133. The molecule has 0 bridgehead atoms. The van der Waals surface area contributed by atoms with Crippen molar-refractivity contribution in [3.05, 3.63) is 50.6 Å². The van der Waals surface area contributed by atoms with E-state index in [1.54, 1.807) is 5.38 Å². The van der Waals surface area contributed by atoms with Crippen LogP contribution in [0.5, 0.6) is 0 Å². The van der Waals surface area contributed by atoms with Crippen molar-refractivity contribution in [1.29, 1.82) is 0 Å². The van der Waals surface area contributed by atoms with E-state index in [2.05, 4.69) is 15.6 Å². The zero-order chi connectivity index (χ0) is 14.5. The van der Waals surface area contributed by atoms with Gasteiger partial charge in [0.1, 0.15) is 17.3 Å². The first kappa shape index (κ1) is 14.4. The Hall–Kier alpha value is -2.06. The molecule has 0 fully saturated rings. The number of rotatable bonds is 5. The molecule has 1 heterocycles. The Morgan fingerprint density at radius 1 is 1.30 bits per heavy atom. The molecule has 0 saturated carbocycles. The van der Waals surface area contributed by atoms with Crippen molar-refractivity contribution in [3.63, 3.8) is 0 Å². The molecule has 20 heavy (non-hydrogen) atoms. The van der Waals surface area contributed by atoms with Crippen LogP contribution in [0.2, 0.25) is 0 Å². The highest BCUT2D eigenvalue weighted by molar-refractivity contribution is 7.07. The summed E-state index contributed by atoms with van der Waals surface area (Å²) < 4.78 is 26.6. The van der Waals surface area contributed by atoms with Crippen LogP contribution in [0.3, 0.4) is 0 Å². The predicted octanol–water partition coefficient (Wildman–Crippen LogP) is 1.44. The maximum atomic E-state index is 13.3. The first-order valence-electron chi connectivity index (χ1n) is 5.67. The first-order chi connectivity index (χ1) is 9.56. The molecule has 2 aromatic rings. The SMILES string of the molecule is O=C(CNCc1csc(=O)[nH]1)Nc1c(F)cccc1F. The van der Waals surface area contributed by atoms with Gasteiger partial charge in [0.15, 0.2) is 0 Å². The van der Waals surface area contributed by atoms with Crippen LogP contribution in [0.1, 0.15) is 5.69 Å². The highest BCUT2D eigenvalue weighted by Gasteiger charge is 2.11. The Labute approximate surface area is 116 Å². The number of anilines is 1. The Bertz CT molecular complexity index is 648. The van der Waals surface area contributed by atoms with Crippen molar-refractivity contribution in [2.24, 2.45) is 0 Å². The molecule has 0 saturated heterocycles. The van der Waals surface area contributed by atoms with Gasteiger partial charge in [0, 0.05) is 17.6 Å². The summed E-state index contributed by atoms with van der Waals surface area (Å²) in [5.74, 6) is -2.24. The molecule has 1 aromatic carbocycles. The summed E-state index contributed by atoms with van der Waals surface area (Å²) >= 11 is 1.02. The molecule has 106 valence electrons. The van der Waals surface area contributed by atoms with Gasteiger partial charge in [-0.25, -0.2) is 8.78 Å².